The number of nitrogen functional groups attached to an aromatic ring is 1. The summed E-state index contributed by atoms with van der Waals surface area (Å²) < 4.78 is 7.35. The summed E-state index contributed by atoms with van der Waals surface area (Å²) in [5.74, 6) is -1.38. The van der Waals surface area contributed by atoms with Gasteiger partial charge in [0.2, 0.25) is 0 Å². The Labute approximate surface area is 172 Å². The normalized spacial score (nSPS) is 13.9. The molecule has 160 valence electrons. The molecule has 0 saturated carbocycles. The van der Waals surface area contributed by atoms with E-state index < -0.39 is 25.9 Å². The van der Waals surface area contributed by atoms with Crippen molar-refractivity contribution < 1.29 is 14.6 Å². The van der Waals surface area contributed by atoms with Crippen LogP contribution in [0.4, 0.5) is 5.69 Å². The van der Waals surface area contributed by atoms with Crippen molar-refractivity contribution in [3.8, 4) is 0 Å². The number of rotatable bonds is 12. The highest BCUT2D eigenvalue weighted by molar-refractivity contribution is 6.76. The number of carbonyl (C=O) groups is 1. The predicted octanol–water partition coefficient (Wildman–Crippen LogP) is 2.79. The third-order valence-electron chi connectivity index (χ3n) is 4.78. The molecule has 0 saturated heterocycles. The number of anilines is 1. The van der Waals surface area contributed by atoms with Crippen molar-refractivity contribution in [2.75, 3.05) is 12.3 Å². The molecule has 0 aromatic carbocycles. The number of carboxylic acids is 1. The van der Waals surface area contributed by atoms with Gasteiger partial charge < -0.3 is 15.6 Å². The van der Waals surface area contributed by atoms with Gasteiger partial charge in [0.05, 0.1) is 17.8 Å². The van der Waals surface area contributed by atoms with Crippen LogP contribution in [0, 0.1) is 5.92 Å². The van der Waals surface area contributed by atoms with Crippen LogP contribution in [0.3, 0.4) is 0 Å². The Kier molecular flexibility index (Phi) is 8.27. The van der Waals surface area contributed by atoms with Crippen molar-refractivity contribution in [1.29, 1.82) is 0 Å². The molecule has 29 heavy (non-hydrogen) atoms. The second-order valence-corrected chi connectivity index (χ2v) is 14.1. The van der Waals surface area contributed by atoms with E-state index in [4.69, 9.17) is 10.5 Å². The standard InChI is InChI=1S/C19H32N6O3Si/c1-5-6-16(19(26)27)17(11-15-8-7-14(20)12-21-15)18-22-23-24-25(18)13-28-9-10-29(2,3)4/h7-8,12,16-17H,5-6,9-11,13,20H2,1-4H3,(H,26,27)/t16-,17-/m0/s1. The van der Waals surface area contributed by atoms with Crippen molar-refractivity contribution in [2.24, 2.45) is 5.92 Å². The first kappa shape index (κ1) is 23.0. The number of aliphatic carboxylic acids is 1. The molecule has 0 amide bonds. The van der Waals surface area contributed by atoms with Crippen LogP contribution in [0.5, 0.6) is 0 Å². The molecular formula is C19H32N6O3Si. The molecule has 2 heterocycles. The molecule has 9 nitrogen and oxygen atoms in total. The summed E-state index contributed by atoms with van der Waals surface area (Å²) >= 11 is 0. The van der Waals surface area contributed by atoms with Gasteiger partial charge in [-0.2, -0.15) is 0 Å². The van der Waals surface area contributed by atoms with Gasteiger partial charge in [-0.25, -0.2) is 4.68 Å². The van der Waals surface area contributed by atoms with E-state index in [1.807, 2.05) is 13.0 Å². The number of hydrogen-bond acceptors (Lipinski definition) is 7. The van der Waals surface area contributed by atoms with Crippen molar-refractivity contribution in [1.82, 2.24) is 25.2 Å². The van der Waals surface area contributed by atoms with Crippen molar-refractivity contribution >= 4 is 19.7 Å². The first-order valence-electron chi connectivity index (χ1n) is 9.98. The molecule has 0 aliphatic carbocycles. The van der Waals surface area contributed by atoms with Gasteiger partial charge in [-0.05, 0) is 35.0 Å². The number of carboxylic acid groups (broad SMARTS) is 1. The molecule has 0 fully saturated rings. The van der Waals surface area contributed by atoms with E-state index in [2.05, 4.69) is 40.2 Å². The molecular weight excluding hydrogens is 388 g/mol. The number of pyridine rings is 1. The fraction of sp³-hybridized carbons (Fsp3) is 0.632. The first-order chi connectivity index (χ1) is 13.7. The maximum absolute atomic E-state index is 12.0. The van der Waals surface area contributed by atoms with Crippen LogP contribution in [0.2, 0.25) is 25.7 Å². The number of tetrazole rings is 1. The quantitative estimate of drug-likeness (QED) is 0.396. The minimum Gasteiger partial charge on any atom is -0.481 e. The van der Waals surface area contributed by atoms with Crippen LogP contribution < -0.4 is 5.73 Å². The number of nitrogens with zero attached hydrogens (tertiary/aromatic N) is 5. The maximum atomic E-state index is 12.0. The molecule has 0 aliphatic heterocycles. The monoisotopic (exact) mass is 420 g/mol. The van der Waals surface area contributed by atoms with E-state index in [1.165, 1.54) is 0 Å². The highest BCUT2D eigenvalue weighted by Crippen LogP contribution is 2.30. The van der Waals surface area contributed by atoms with Gasteiger partial charge in [0.25, 0.3) is 0 Å². The summed E-state index contributed by atoms with van der Waals surface area (Å²) in [5.41, 5.74) is 7.04. The molecule has 0 unspecified atom stereocenters. The molecule has 2 atom stereocenters. The summed E-state index contributed by atoms with van der Waals surface area (Å²) in [6, 6.07) is 4.61. The van der Waals surface area contributed by atoms with E-state index in [0.717, 1.165) is 18.2 Å². The molecule has 0 bridgehead atoms. The average molecular weight is 421 g/mol. The van der Waals surface area contributed by atoms with Crippen LogP contribution >= 0.6 is 0 Å². The molecule has 2 aromatic heterocycles. The van der Waals surface area contributed by atoms with Crippen molar-refractivity contribution in [2.45, 2.75) is 64.5 Å². The van der Waals surface area contributed by atoms with Crippen LogP contribution in [0.1, 0.15) is 37.2 Å². The van der Waals surface area contributed by atoms with Crippen LogP contribution in [-0.2, 0) is 22.7 Å². The van der Waals surface area contributed by atoms with Crippen LogP contribution in [0.15, 0.2) is 18.3 Å². The van der Waals surface area contributed by atoms with Crippen molar-refractivity contribution in [3.63, 3.8) is 0 Å². The lowest BCUT2D eigenvalue weighted by molar-refractivity contribution is -0.143. The lowest BCUT2D eigenvalue weighted by atomic mass is 9.84. The maximum Gasteiger partial charge on any atom is 0.307 e. The number of hydrogen-bond donors (Lipinski definition) is 2. The van der Waals surface area contributed by atoms with E-state index in [9.17, 15) is 9.90 Å². The Balaban J connectivity index is 2.23. The summed E-state index contributed by atoms with van der Waals surface area (Å²) in [5, 5.41) is 21.8. The molecule has 2 rings (SSSR count). The van der Waals surface area contributed by atoms with Gasteiger partial charge in [0, 0.05) is 32.7 Å². The van der Waals surface area contributed by atoms with Gasteiger partial charge in [0.1, 0.15) is 6.73 Å². The third kappa shape index (κ3) is 7.21. The summed E-state index contributed by atoms with van der Waals surface area (Å²) in [4.78, 5) is 16.3. The van der Waals surface area contributed by atoms with Gasteiger partial charge >= 0.3 is 5.97 Å². The molecule has 3 N–H and O–H groups in total. The van der Waals surface area contributed by atoms with Gasteiger partial charge in [-0.3, -0.25) is 9.78 Å². The summed E-state index contributed by atoms with van der Waals surface area (Å²) in [7, 11) is -1.20. The smallest absolute Gasteiger partial charge is 0.307 e. The van der Waals surface area contributed by atoms with E-state index in [1.54, 1.807) is 16.9 Å². The highest BCUT2D eigenvalue weighted by atomic mass is 28.3. The zero-order valence-electron chi connectivity index (χ0n) is 17.7. The predicted molar refractivity (Wildman–Crippen MR) is 113 cm³/mol. The Morgan fingerprint density at radius 3 is 2.69 bits per heavy atom. The second-order valence-electron chi connectivity index (χ2n) is 8.51. The van der Waals surface area contributed by atoms with Crippen LogP contribution in [-0.4, -0.2) is 50.9 Å². The highest BCUT2D eigenvalue weighted by Gasteiger charge is 2.33. The summed E-state index contributed by atoms with van der Waals surface area (Å²) in [6.07, 6.45) is 3.26. The topological polar surface area (TPSA) is 129 Å². The lowest BCUT2D eigenvalue weighted by Crippen LogP contribution is -2.28. The molecule has 2 aromatic rings. The molecule has 0 spiro atoms. The van der Waals surface area contributed by atoms with E-state index >= 15 is 0 Å². The zero-order chi connectivity index (χ0) is 21.4. The Hall–Kier alpha value is -2.33. The molecule has 0 aliphatic rings. The number of ether oxygens (including phenoxy) is 1. The fourth-order valence-corrected chi connectivity index (χ4v) is 3.86. The minimum atomic E-state index is -1.20. The SMILES string of the molecule is CCC[C@H](C(=O)O)[C@H](Cc1ccc(N)cn1)c1nnnn1COCC[Si](C)(C)C. The average Bonchev–Trinajstić information content (AvgIpc) is 3.10. The Bertz CT molecular complexity index is 775. The second kappa shape index (κ2) is 10.4. The third-order valence-corrected chi connectivity index (χ3v) is 6.48. The van der Waals surface area contributed by atoms with Gasteiger partial charge in [-0.15, -0.1) is 5.10 Å². The summed E-state index contributed by atoms with van der Waals surface area (Å²) in [6.45, 7) is 9.67. The van der Waals surface area contributed by atoms with Crippen molar-refractivity contribution in [3.05, 3.63) is 29.8 Å². The van der Waals surface area contributed by atoms with E-state index in [0.29, 0.717) is 31.0 Å². The largest absolute Gasteiger partial charge is 0.481 e. The van der Waals surface area contributed by atoms with E-state index in [-0.39, 0.29) is 6.73 Å². The fourth-order valence-electron chi connectivity index (χ4n) is 3.10. The van der Waals surface area contributed by atoms with Crippen LogP contribution in [0.25, 0.3) is 0 Å². The first-order valence-corrected chi connectivity index (χ1v) is 13.7. The number of aromatic nitrogens is 5. The Morgan fingerprint density at radius 2 is 2.10 bits per heavy atom. The zero-order valence-corrected chi connectivity index (χ0v) is 18.7. The minimum absolute atomic E-state index is 0.205. The van der Waals surface area contributed by atoms with Gasteiger partial charge in [-0.1, -0.05) is 33.0 Å². The number of nitrogens with two attached hydrogens (primary N) is 1. The molecule has 10 heteroatoms. The Morgan fingerprint density at radius 1 is 1.34 bits per heavy atom. The van der Waals surface area contributed by atoms with Gasteiger partial charge in [0.15, 0.2) is 5.82 Å². The molecule has 0 radical (unpaired) electrons. The lowest BCUT2D eigenvalue weighted by Gasteiger charge is -2.23.